The fourth-order valence-electron chi connectivity index (χ4n) is 3.55. The number of urea groups is 1. The van der Waals surface area contributed by atoms with Gasteiger partial charge in [0.1, 0.15) is 17.5 Å². The highest BCUT2D eigenvalue weighted by Crippen LogP contribution is 2.24. The Balaban J connectivity index is 1.43. The normalized spacial score (nSPS) is 13.9. The second kappa shape index (κ2) is 9.13. The molecule has 4 rings (SSSR count). The van der Waals surface area contributed by atoms with Gasteiger partial charge in [0.05, 0.1) is 6.54 Å². The molecule has 1 heterocycles. The lowest BCUT2D eigenvalue weighted by molar-refractivity contribution is 0.102. The lowest BCUT2D eigenvalue weighted by atomic mass is 10.1. The fraction of sp³-hybridized carbons (Fsp3) is 0.167. The van der Waals surface area contributed by atoms with Gasteiger partial charge in [0.2, 0.25) is 0 Å². The Morgan fingerprint density at radius 2 is 1.56 bits per heavy atom. The van der Waals surface area contributed by atoms with Crippen molar-refractivity contribution < 1.29 is 22.8 Å². The van der Waals surface area contributed by atoms with Crippen LogP contribution in [0.25, 0.3) is 0 Å². The van der Waals surface area contributed by atoms with Crippen LogP contribution in [0.1, 0.15) is 22.3 Å². The van der Waals surface area contributed by atoms with Gasteiger partial charge in [-0.25, -0.2) is 18.0 Å². The second-order valence-electron chi connectivity index (χ2n) is 7.45. The monoisotopic (exact) mass is 439 g/mol. The summed E-state index contributed by atoms with van der Waals surface area (Å²) in [4.78, 5) is 28.3. The van der Waals surface area contributed by atoms with Crippen LogP contribution in [0.4, 0.5) is 29.3 Å². The van der Waals surface area contributed by atoms with E-state index in [-0.39, 0.29) is 24.0 Å². The third kappa shape index (κ3) is 4.74. The summed E-state index contributed by atoms with van der Waals surface area (Å²) in [6.45, 7) is 1.02. The zero-order valence-corrected chi connectivity index (χ0v) is 17.0. The number of nitrogens with one attached hydrogen (secondary N) is 1. The Morgan fingerprint density at radius 1 is 0.875 bits per heavy atom. The van der Waals surface area contributed by atoms with Crippen molar-refractivity contribution in [2.45, 2.75) is 13.0 Å². The number of rotatable bonds is 5. The molecule has 0 radical (unpaired) electrons. The summed E-state index contributed by atoms with van der Waals surface area (Å²) < 4.78 is 40.2. The maximum atomic E-state index is 14.0. The summed E-state index contributed by atoms with van der Waals surface area (Å²) in [5, 5.41) is 2.72. The van der Waals surface area contributed by atoms with E-state index in [0.717, 1.165) is 6.07 Å². The number of anilines is 2. The molecule has 1 fully saturated rings. The fourth-order valence-corrected chi connectivity index (χ4v) is 3.55. The minimum Gasteiger partial charge on any atom is -0.322 e. The largest absolute Gasteiger partial charge is 0.324 e. The van der Waals surface area contributed by atoms with E-state index in [9.17, 15) is 22.8 Å². The molecule has 3 aromatic carbocycles. The standard InChI is InChI=1S/C24H20F3N3O2/c25-18-5-2-16(3-6-18)23(31)28-20-8-10-21(11-9-20)30-13-1-12-29(24(30)32)15-17-4-7-19(26)14-22(17)27/h2-11,14H,1,12-13,15H2,(H,28,31). The molecule has 0 bridgehead atoms. The van der Waals surface area contributed by atoms with Crippen molar-refractivity contribution >= 4 is 23.3 Å². The van der Waals surface area contributed by atoms with Crippen LogP contribution in [0.3, 0.4) is 0 Å². The summed E-state index contributed by atoms with van der Waals surface area (Å²) in [5.74, 6) is -2.15. The molecule has 1 N–H and O–H groups in total. The van der Waals surface area contributed by atoms with Crippen LogP contribution >= 0.6 is 0 Å². The van der Waals surface area contributed by atoms with Crippen LogP contribution in [0.2, 0.25) is 0 Å². The van der Waals surface area contributed by atoms with Crippen molar-refractivity contribution in [3.05, 3.63) is 95.3 Å². The Labute approximate surface area is 183 Å². The van der Waals surface area contributed by atoms with Gasteiger partial charge in [-0.2, -0.15) is 0 Å². The van der Waals surface area contributed by atoms with Gasteiger partial charge in [0, 0.05) is 41.7 Å². The molecule has 0 unspecified atom stereocenters. The first-order chi connectivity index (χ1) is 15.4. The van der Waals surface area contributed by atoms with Gasteiger partial charge >= 0.3 is 6.03 Å². The molecule has 0 saturated carbocycles. The summed E-state index contributed by atoms with van der Waals surface area (Å²) in [5.41, 5.74) is 1.74. The van der Waals surface area contributed by atoms with E-state index in [1.807, 2.05) is 0 Å². The molecule has 8 heteroatoms. The molecule has 0 spiro atoms. The molecule has 1 saturated heterocycles. The first-order valence-corrected chi connectivity index (χ1v) is 10.1. The van der Waals surface area contributed by atoms with Gasteiger partial charge in [-0.15, -0.1) is 0 Å². The number of carbonyl (C=O) groups excluding carboxylic acids is 2. The van der Waals surface area contributed by atoms with Gasteiger partial charge < -0.3 is 10.2 Å². The molecule has 32 heavy (non-hydrogen) atoms. The van der Waals surface area contributed by atoms with E-state index in [4.69, 9.17) is 0 Å². The van der Waals surface area contributed by atoms with Crippen LogP contribution in [-0.2, 0) is 6.54 Å². The highest BCUT2D eigenvalue weighted by Gasteiger charge is 2.27. The molecule has 1 aliphatic heterocycles. The van der Waals surface area contributed by atoms with Crippen molar-refractivity contribution in [2.75, 3.05) is 23.3 Å². The molecule has 0 atom stereocenters. The first kappa shape index (κ1) is 21.4. The average molecular weight is 439 g/mol. The Kier molecular flexibility index (Phi) is 6.11. The topological polar surface area (TPSA) is 52.7 Å². The minimum absolute atomic E-state index is 0.0489. The second-order valence-corrected chi connectivity index (χ2v) is 7.45. The van der Waals surface area contributed by atoms with E-state index in [1.54, 1.807) is 29.2 Å². The number of hydrogen-bond acceptors (Lipinski definition) is 2. The maximum Gasteiger partial charge on any atom is 0.324 e. The molecule has 1 aliphatic rings. The van der Waals surface area contributed by atoms with Crippen LogP contribution in [0.5, 0.6) is 0 Å². The minimum atomic E-state index is -0.684. The van der Waals surface area contributed by atoms with Gasteiger partial charge in [0.15, 0.2) is 0 Å². The van der Waals surface area contributed by atoms with E-state index in [1.165, 1.54) is 41.3 Å². The number of benzene rings is 3. The molecular formula is C24H20F3N3O2. The number of amides is 3. The molecule has 0 aliphatic carbocycles. The Morgan fingerprint density at radius 3 is 2.25 bits per heavy atom. The average Bonchev–Trinajstić information content (AvgIpc) is 2.78. The van der Waals surface area contributed by atoms with Crippen LogP contribution in [-0.4, -0.2) is 29.9 Å². The SMILES string of the molecule is O=C(Nc1ccc(N2CCCN(Cc3ccc(F)cc3F)C2=O)cc1)c1ccc(F)cc1. The van der Waals surface area contributed by atoms with Gasteiger partial charge in [-0.1, -0.05) is 6.07 Å². The molecule has 3 aromatic rings. The van der Waals surface area contributed by atoms with E-state index in [0.29, 0.717) is 36.4 Å². The Bertz CT molecular complexity index is 1130. The number of halogens is 3. The van der Waals surface area contributed by atoms with Crippen LogP contribution in [0, 0.1) is 17.5 Å². The van der Waals surface area contributed by atoms with E-state index < -0.39 is 17.5 Å². The highest BCUT2D eigenvalue weighted by molar-refractivity contribution is 6.04. The Hall–Kier alpha value is -3.81. The quantitative estimate of drug-likeness (QED) is 0.595. The maximum absolute atomic E-state index is 14.0. The van der Waals surface area contributed by atoms with Gasteiger partial charge in [0.25, 0.3) is 5.91 Å². The first-order valence-electron chi connectivity index (χ1n) is 10.1. The van der Waals surface area contributed by atoms with E-state index >= 15 is 0 Å². The molecular weight excluding hydrogens is 419 g/mol. The zero-order chi connectivity index (χ0) is 22.7. The molecule has 164 valence electrons. The van der Waals surface area contributed by atoms with Crippen molar-refractivity contribution in [3.63, 3.8) is 0 Å². The van der Waals surface area contributed by atoms with E-state index in [2.05, 4.69) is 5.32 Å². The summed E-state index contributed by atoms with van der Waals surface area (Å²) in [6.07, 6.45) is 0.692. The number of carbonyl (C=O) groups is 2. The number of nitrogens with zero attached hydrogens (tertiary/aromatic N) is 2. The number of hydrogen-bond donors (Lipinski definition) is 1. The molecule has 0 aromatic heterocycles. The van der Waals surface area contributed by atoms with Crippen LogP contribution < -0.4 is 10.2 Å². The highest BCUT2D eigenvalue weighted by atomic mass is 19.1. The lowest BCUT2D eigenvalue weighted by Gasteiger charge is -2.35. The summed E-state index contributed by atoms with van der Waals surface area (Å²) >= 11 is 0. The third-order valence-electron chi connectivity index (χ3n) is 5.23. The smallest absolute Gasteiger partial charge is 0.322 e. The van der Waals surface area contributed by atoms with Gasteiger partial charge in [-0.05, 0) is 61.0 Å². The molecule has 3 amide bonds. The van der Waals surface area contributed by atoms with Crippen molar-refractivity contribution in [3.8, 4) is 0 Å². The van der Waals surface area contributed by atoms with Crippen molar-refractivity contribution in [2.24, 2.45) is 0 Å². The van der Waals surface area contributed by atoms with Crippen LogP contribution in [0.15, 0.2) is 66.7 Å². The van der Waals surface area contributed by atoms with Crippen molar-refractivity contribution in [1.82, 2.24) is 4.90 Å². The van der Waals surface area contributed by atoms with Gasteiger partial charge in [-0.3, -0.25) is 9.69 Å². The summed E-state index contributed by atoms with van der Waals surface area (Å²) in [6, 6.07) is 15.0. The van der Waals surface area contributed by atoms with Crippen molar-refractivity contribution in [1.29, 1.82) is 0 Å². The lowest BCUT2D eigenvalue weighted by Crippen LogP contribution is -2.49. The zero-order valence-electron chi connectivity index (χ0n) is 17.0. The molecule has 5 nitrogen and oxygen atoms in total. The predicted octanol–water partition coefficient (Wildman–Crippen LogP) is 5.19. The summed E-state index contributed by atoms with van der Waals surface area (Å²) in [7, 11) is 0. The third-order valence-corrected chi connectivity index (χ3v) is 5.23. The predicted molar refractivity (Wildman–Crippen MR) is 115 cm³/mol.